The number of carbonyl (C=O) groups excluding carboxylic acids is 1. The van der Waals surface area contributed by atoms with Crippen LogP contribution < -0.4 is 10.5 Å². The molecule has 1 aliphatic heterocycles. The van der Waals surface area contributed by atoms with Crippen LogP contribution in [0.25, 0.3) is 10.2 Å². The van der Waals surface area contributed by atoms with Gasteiger partial charge in [0.1, 0.15) is 6.54 Å². The molecule has 0 saturated carbocycles. The molecule has 10 heteroatoms. The number of rotatable bonds is 6. The minimum atomic E-state index is -0.192. The number of halogens is 1. The van der Waals surface area contributed by atoms with Gasteiger partial charge in [-0.1, -0.05) is 27.3 Å². The number of nitrogens with zero attached hydrogens (tertiary/aromatic N) is 5. The van der Waals surface area contributed by atoms with E-state index >= 15 is 0 Å². The summed E-state index contributed by atoms with van der Waals surface area (Å²) in [4.78, 5) is 38.8. The minimum absolute atomic E-state index is 0.0737. The first kappa shape index (κ1) is 22.1. The summed E-state index contributed by atoms with van der Waals surface area (Å²) in [5.74, 6) is -0.182. The quantitative estimate of drug-likeness (QED) is 0.512. The molecule has 2 aromatic heterocycles. The Labute approximate surface area is 192 Å². The van der Waals surface area contributed by atoms with E-state index in [9.17, 15) is 9.59 Å². The van der Waals surface area contributed by atoms with Crippen LogP contribution in [0.5, 0.6) is 0 Å². The van der Waals surface area contributed by atoms with Gasteiger partial charge in [0.05, 0.1) is 29.8 Å². The van der Waals surface area contributed by atoms with Crippen LogP contribution in [0.4, 0.5) is 5.13 Å². The first-order valence-electron chi connectivity index (χ1n) is 10.1. The number of thiazole rings is 1. The second kappa shape index (κ2) is 9.56. The number of aromatic nitrogens is 3. The van der Waals surface area contributed by atoms with E-state index < -0.39 is 0 Å². The summed E-state index contributed by atoms with van der Waals surface area (Å²) in [6.07, 6.45) is 1.44. The van der Waals surface area contributed by atoms with Gasteiger partial charge in [-0.2, -0.15) is 0 Å². The van der Waals surface area contributed by atoms with Crippen LogP contribution in [-0.4, -0.2) is 64.7 Å². The number of fused-ring (bicyclic) bond motifs is 1. The molecular formula is C21H24BrN5O3S. The Hall–Kier alpha value is -2.14. The van der Waals surface area contributed by atoms with Crippen LogP contribution in [0, 0.1) is 13.8 Å². The summed E-state index contributed by atoms with van der Waals surface area (Å²) in [6, 6.07) is 5.87. The molecule has 164 valence electrons. The predicted octanol–water partition coefficient (Wildman–Crippen LogP) is 2.60. The van der Waals surface area contributed by atoms with Crippen molar-refractivity contribution in [1.82, 2.24) is 19.4 Å². The lowest BCUT2D eigenvalue weighted by atomic mass is 10.3. The SMILES string of the molecule is Cc1ncn(CC(=O)N(CCN2CCOCC2)c2nc3ccc(Br)cc3s2)c(=O)c1C. The number of aryl methyl sites for hydroxylation is 1. The van der Waals surface area contributed by atoms with Crippen LogP contribution in [0.1, 0.15) is 11.3 Å². The molecule has 0 aliphatic carbocycles. The van der Waals surface area contributed by atoms with Crippen LogP contribution in [0.2, 0.25) is 0 Å². The van der Waals surface area contributed by atoms with Crippen molar-refractivity contribution in [2.24, 2.45) is 0 Å². The fourth-order valence-corrected chi connectivity index (χ4v) is 4.98. The maximum Gasteiger partial charge on any atom is 0.256 e. The lowest BCUT2D eigenvalue weighted by Crippen LogP contribution is -2.44. The van der Waals surface area contributed by atoms with Gasteiger partial charge in [-0.15, -0.1) is 0 Å². The molecule has 1 aliphatic rings. The lowest BCUT2D eigenvalue weighted by Gasteiger charge is -2.29. The van der Waals surface area contributed by atoms with Gasteiger partial charge in [0.2, 0.25) is 5.91 Å². The largest absolute Gasteiger partial charge is 0.379 e. The van der Waals surface area contributed by atoms with Crippen LogP contribution in [-0.2, 0) is 16.1 Å². The zero-order chi connectivity index (χ0) is 22.0. The van der Waals surface area contributed by atoms with Gasteiger partial charge in [-0.05, 0) is 32.0 Å². The molecular weight excluding hydrogens is 482 g/mol. The van der Waals surface area contributed by atoms with Gasteiger partial charge in [0.25, 0.3) is 5.56 Å². The molecule has 0 unspecified atom stereocenters. The Balaban J connectivity index is 1.61. The number of morpholine rings is 1. The monoisotopic (exact) mass is 505 g/mol. The molecule has 1 fully saturated rings. The molecule has 3 heterocycles. The number of benzene rings is 1. The van der Waals surface area contributed by atoms with Crippen molar-refractivity contribution >= 4 is 48.5 Å². The van der Waals surface area contributed by atoms with Crippen molar-refractivity contribution in [1.29, 1.82) is 0 Å². The average Bonchev–Trinajstić information content (AvgIpc) is 3.17. The number of amides is 1. The average molecular weight is 506 g/mol. The molecule has 0 atom stereocenters. The van der Waals surface area contributed by atoms with Gasteiger partial charge in [0, 0.05) is 41.9 Å². The van der Waals surface area contributed by atoms with E-state index in [2.05, 4.69) is 25.8 Å². The molecule has 0 bridgehead atoms. The molecule has 0 spiro atoms. The fourth-order valence-electron chi connectivity index (χ4n) is 3.41. The summed E-state index contributed by atoms with van der Waals surface area (Å²) in [6.45, 7) is 7.74. The Morgan fingerprint density at radius 1 is 1.29 bits per heavy atom. The number of ether oxygens (including phenoxy) is 1. The topological polar surface area (TPSA) is 80.6 Å². The first-order chi connectivity index (χ1) is 14.9. The van der Waals surface area contributed by atoms with E-state index in [4.69, 9.17) is 9.72 Å². The molecule has 31 heavy (non-hydrogen) atoms. The van der Waals surface area contributed by atoms with Crippen LogP contribution >= 0.6 is 27.3 Å². The second-order valence-electron chi connectivity index (χ2n) is 7.50. The third kappa shape index (κ3) is 5.03. The summed E-state index contributed by atoms with van der Waals surface area (Å²) >= 11 is 4.96. The Morgan fingerprint density at radius 3 is 2.84 bits per heavy atom. The molecule has 1 saturated heterocycles. The highest BCUT2D eigenvalue weighted by Gasteiger charge is 2.22. The fraction of sp³-hybridized carbons (Fsp3) is 0.429. The minimum Gasteiger partial charge on any atom is -0.379 e. The summed E-state index contributed by atoms with van der Waals surface area (Å²) in [5, 5.41) is 0.635. The van der Waals surface area contributed by atoms with E-state index in [0.29, 0.717) is 36.1 Å². The van der Waals surface area contributed by atoms with Crippen molar-refractivity contribution in [3.8, 4) is 0 Å². The molecule has 8 nitrogen and oxygen atoms in total. The predicted molar refractivity (Wildman–Crippen MR) is 125 cm³/mol. The third-order valence-corrected chi connectivity index (χ3v) is 6.97. The molecule has 3 aromatic rings. The van der Waals surface area contributed by atoms with E-state index in [0.717, 1.165) is 34.3 Å². The maximum atomic E-state index is 13.3. The van der Waals surface area contributed by atoms with Gasteiger partial charge < -0.3 is 4.74 Å². The molecule has 0 N–H and O–H groups in total. The zero-order valence-corrected chi connectivity index (χ0v) is 19.9. The van der Waals surface area contributed by atoms with Crippen molar-refractivity contribution in [2.75, 3.05) is 44.3 Å². The number of hydrogen-bond acceptors (Lipinski definition) is 7. The highest BCUT2D eigenvalue weighted by molar-refractivity contribution is 9.10. The van der Waals surface area contributed by atoms with Gasteiger partial charge in [-0.3, -0.25) is 24.0 Å². The second-order valence-corrected chi connectivity index (χ2v) is 9.42. The molecule has 0 radical (unpaired) electrons. The zero-order valence-electron chi connectivity index (χ0n) is 17.5. The van der Waals surface area contributed by atoms with Gasteiger partial charge in [-0.25, -0.2) is 9.97 Å². The van der Waals surface area contributed by atoms with E-state index in [1.165, 1.54) is 22.2 Å². The molecule has 1 aromatic carbocycles. The van der Waals surface area contributed by atoms with Crippen LogP contribution in [0.3, 0.4) is 0 Å². The third-order valence-electron chi connectivity index (χ3n) is 5.44. The van der Waals surface area contributed by atoms with E-state index in [-0.39, 0.29) is 18.0 Å². The van der Waals surface area contributed by atoms with Crippen molar-refractivity contribution in [3.63, 3.8) is 0 Å². The van der Waals surface area contributed by atoms with E-state index in [1.807, 2.05) is 18.2 Å². The highest BCUT2D eigenvalue weighted by atomic mass is 79.9. The highest BCUT2D eigenvalue weighted by Crippen LogP contribution is 2.31. The van der Waals surface area contributed by atoms with Gasteiger partial charge >= 0.3 is 0 Å². The maximum absolute atomic E-state index is 13.3. The normalized spacial score (nSPS) is 14.8. The van der Waals surface area contributed by atoms with Crippen molar-refractivity contribution in [3.05, 3.63) is 50.6 Å². The van der Waals surface area contributed by atoms with Crippen LogP contribution in [0.15, 0.2) is 33.8 Å². The van der Waals surface area contributed by atoms with Crippen molar-refractivity contribution < 1.29 is 9.53 Å². The molecule has 1 amide bonds. The standard InChI is InChI=1S/C21H24BrN5O3S/c1-14-15(2)23-13-26(20(14)29)12-19(28)27(6-5-25-7-9-30-10-8-25)21-24-17-4-3-16(22)11-18(17)31-21/h3-4,11,13H,5-10,12H2,1-2H3. The Bertz CT molecular complexity index is 1160. The summed E-state index contributed by atoms with van der Waals surface area (Å²) in [5.41, 5.74) is 1.88. The summed E-state index contributed by atoms with van der Waals surface area (Å²) in [7, 11) is 0. The number of carbonyl (C=O) groups is 1. The van der Waals surface area contributed by atoms with Gasteiger partial charge in [0.15, 0.2) is 5.13 Å². The summed E-state index contributed by atoms with van der Waals surface area (Å²) < 4.78 is 8.76. The Kier molecular flexibility index (Phi) is 6.80. The van der Waals surface area contributed by atoms with Crippen molar-refractivity contribution in [2.45, 2.75) is 20.4 Å². The molecule has 4 rings (SSSR count). The number of hydrogen-bond donors (Lipinski definition) is 0. The smallest absolute Gasteiger partial charge is 0.256 e. The first-order valence-corrected chi connectivity index (χ1v) is 11.7. The Morgan fingerprint density at radius 2 is 2.06 bits per heavy atom. The number of anilines is 1. The lowest BCUT2D eigenvalue weighted by molar-refractivity contribution is -0.119. The van der Waals surface area contributed by atoms with E-state index in [1.54, 1.807) is 18.7 Å².